The maximum atomic E-state index is 9.20. The van der Waals surface area contributed by atoms with Gasteiger partial charge < -0.3 is 15.5 Å². The highest BCUT2D eigenvalue weighted by Crippen LogP contribution is 2.36. The van der Waals surface area contributed by atoms with Gasteiger partial charge in [-0.1, -0.05) is 0 Å². The van der Waals surface area contributed by atoms with E-state index < -0.39 is 0 Å². The second-order valence-corrected chi connectivity index (χ2v) is 6.30. The maximum absolute atomic E-state index is 9.20. The van der Waals surface area contributed by atoms with E-state index in [0.717, 1.165) is 18.1 Å². The van der Waals surface area contributed by atoms with Crippen LogP contribution in [0.15, 0.2) is 0 Å². The lowest BCUT2D eigenvalue weighted by molar-refractivity contribution is 0.103. The minimum Gasteiger partial charge on any atom is -0.382 e. The van der Waals surface area contributed by atoms with Gasteiger partial charge in [0.1, 0.15) is 16.6 Å². The SMILES string of the molecule is CN1CCCC2CN(c3snc(N)c3C#N)CCC21. The Morgan fingerprint density at radius 1 is 1.42 bits per heavy atom. The van der Waals surface area contributed by atoms with E-state index in [1.807, 2.05) is 0 Å². The molecule has 0 saturated carbocycles. The Kier molecular flexibility index (Phi) is 3.33. The zero-order valence-electron chi connectivity index (χ0n) is 11.2. The van der Waals surface area contributed by atoms with E-state index in [1.54, 1.807) is 0 Å². The van der Waals surface area contributed by atoms with Crippen LogP contribution in [0.5, 0.6) is 0 Å². The van der Waals surface area contributed by atoms with Crippen molar-refractivity contribution in [1.82, 2.24) is 9.27 Å². The fourth-order valence-electron chi connectivity index (χ4n) is 3.45. The highest BCUT2D eigenvalue weighted by molar-refractivity contribution is 7.10. The van der Waals surface area contributed by atoms with Crippen molar-refractivity contribution in [2.45, 2.75) is 25.3 Å². The Balaban J connectivity index is 1.79. The van der Waals surface area contributed by atoms with Crippen LogP contribution >= 0.6 is 11.5 Å². The lowest BCUT2D eigenvalue weighted by Crippen LogP contribution is -2.52. The van der Waals surface area contributed by atoms with E-state index in [2.05, 4.69) is 27.3 Å². The van der Waals surface area contributed by atoms with Crippen molar-refractivity contribution in [1.29, 1.82) is 5.26 Å². The molecule has 0 spiro atoms. The number of piperidine rings is 2. The number of aromatic nitrogens is 1. The molecule has 0 radical (unpaired) electrons. The van der Waals surface area contributed by atoms with Crippen LogP contribution in [0.1, 0.15) is 24.8 Å². The van der Waals surface area contributed by atoms with Gasteiger partial charge in [0, 0.05) is 19.1 Å². The third-order valence-corrected chi connectivity index (χ3v) is 5.37. The average molecular weight is 277 g/mol. The molecular weight excluding hydrogens is 258 g/mol. The molecule has 2 aliphatic rings. The first-order valence-electron chi connectivity index (χ1n) is 6.81. The minimum atomic E-state index is 0.380. The predicted molar refractivity (Wildman–Crippen MR) is 77.2 cm³/mol. The topological polar surface area (TPSA) is 69.2 Å². The Bertz CT molecular complexity index is 506. The zero-order chi connectivity index (χ0) is 13.4. The molecule has 19 heavy (non-hydrogen) atoms. The van der Waals surface area contributed by atoms with Crippen LogP contribution in [0.2, 0.25) is 0 Å². The molecule has 1 aromatic rings. The first kappa shape index (κ1) is 12.7. The number of nitriles is 1. The van der Waals surface area contributed by atoms with Crippen molar-refractivity contribution in [2.75, 3.05) is 37.3 Å². The van der Waals surface area contributed by atoms with Crippen LogP contribution in [0, 0.1) is 17.2 Å². The Labute approximate surface area is 117 Å². The van der Waals surface area contributed by atoms with E-state index in [1.165, 1.54) is 37.3 Å². The van der Waals surface area contributed by atoms with Crippen molar-refractivity contribution < 1.29 is 0 Å². The normalized spacial score (nSPS) is 27.9. The van der Waals surface area contributed by atoms with Crippen molar-refractivity contribution in [3.63, 3.8) is 0 Å². The van der Waals surface area contributed by atoms with E-state index in [0.29, 0.717) is 23.3 Å². The smallest absolute Gasteiger partial charge is 0.157 e. The fraction of sp³-hybridized carbons (Fsp3) is 0.692. The largest absolute Gasteiger partial charge is 0.382 e. The van der Waals surface area contributed by atoms with Gasteiger partial charge in [0.25, 0.3) is 0 Å². The quantitative estimate of drug-likeness (QED) is 0.843. The van der Waals surface area contributed by atoms with Gasteiger partial charge in [-0.25, -0.2) is 0 Å². The molecule has 2 fully saturated rings. The fourth-order valence-corrected chi connectivity index (χ4v) is 4.25. The molecule has 0 bridgehead atoms. The van der Waals surface area contributed by atoms with Crippen LogP contribution in [0.25, 0.3) is 0 Å². The Morgan fingerprint density at radius 3 is 3.05 bits per heavy atom. The number of rotatable bonds is 1. The monoisotopic (exact) mass is 277 g/mol. The van der Waals surface area contributed by atoms with E-state index in [9.17, 15) is 5.26 Å². The minimum absolute atomic E-state index is 0.380. The number of nitrogens with two attached hydrogens (primary N) is 1. The van der Waals surface area contributed by atoms with Gasteiger partial charge in [-0.05, 0) is 50.3 Å². The number of nitrogens with zero attached hydrogens (tertiary/aromatic N) is 4. The molecule has 2 saturated heterocycles. The maximum Gasteiger partial charge on any atom is 0.157 e. The number of likely N-dealkylation sites (tertiary alicyclic amines) is 1. The molecule has 2 aliphatic heterocycles. The van der Waals surface area contributed by atoms with E-state index >= 15 is 0 Å². The van der Waals surface area contributed by atoms with Crippen LogP contribution in [-0.2, 0) is 0 Å². The zero-order valence-corrected chi connectivity index (χ0v) is 12.0. The summed E-state index contributed by atoms with van der Waals surface area (Å²) in [6.07, 6.45) is 3.74. The predicted octanol–water partition coefficient (Wildman–Crippen LogP) is 1.52. The van der Waals surface area contributed by atoms with Gasteiger partial charge in [-0.2, -0.15) is 9.64 Å². The average Bonchev–Trinajstić information content (AvgIpc) is 2.79. The summed E-state index contributed by atoms with van der Waals surface area (Å²) in [5.74, 6) is 1.09. The first-order chi connectivity index (χ1) is 9.20. The summed E-state index contributed by atoms with van der Waals surface area (Å²) in [7, 11) is 2.23. The summed E-state index contributed by atoms with van der Waals surface area (Å²) >= 11 is 1.36. The van der Waals surface area contributed by atoms with Gasteiger partial charge >= 0.3 is 0 Å². The molecule has 2 N–H and O–H groups in total. The standard InChI is InChI=1S/C13H19N5S/c1-17-5-2-3-9-8-18(6-4-11(9)17)13-10(7-14)12(15)16-19-13/h9,11H,2-6,8H2,1H3,(H2,15,16). The first-order valence-corrected chi connectivity index (χ1v) is 7.58. The highest BCUT2D eigenvalue weighted by atomic mass is 32.1. The summed E-state index contributed by atoms with van der Waals surface area (Å²) in [5, 5.41) is 10.2. The van der Waals surface area contributed by atoms with E-state index in [-0.39, 0.29) is 0 Å². The van der Waals surface area contributed by atoms with Crippen LogP contribution in [-0.4, -0.2) is 42.0 Å². The second kappa shape index (κ2) is 4.99. The summed E-state index contributed by atoms with van der Waals surface area (Å²) in [5.41, 5.74) is 6.32. The molecule has 102 valence electrons. The van der Waals surface area contributed by atoms with Crippen molar-refractivity contribution in [3.8, 4) is 6.07 Å². The highest BCUT2D eigenvalue weighted by Gasteiger charge is 2.35. The van der Waals surface area contributed by atoms with Gasteiger partial charge in [-0.15, -0.1) is 0 Å². The molecule has 0 aliphatic carbocycles. The molecule has 2 atom stereocenters. The summed E-state index contributed by atoms with van der Waals surface area (Å²) in [6.45, 7) is 3.26. The lowest BCUT2D eigenvalue weighted by atomic mass is 9.84. The van der Waals surface area contributed by atoms with Crippen LogP contribution in [0.3, 0.4) is 0 Å². The van der Waals surface area contributed by atoms with Gasteiger partial charge in [0.15, 0.2) is 5.82 Å². The lowest BCUT2D eigenvalue weighted by Gasteiger charge is -2.46. The van der Waals surface area contributed by atoms with Crippen molar-refractivity contribution in [3.05, 3.63) is 5.56 Å². The summed E-state index contributed by atoms with van der Waals surface area (Å²) < 4.78 is 4.13. The Morgan fingerprint density at radius 2 is 2.26 bits per heavy atom. The summed E-state index contributed by atoms with van der Waals surface area (Å²) in [4.78, 5) is 4.81. The second-order valence-electron chi connectivity index (χ2n) is 5.54. The van der Waals surface area contributed by atoms with Crippen molar-refractivity contribution >= 4 is 22.4 Å². The van der Waals surface area contributed by atoms with E-state index in [4.69, 9.17) is 5.73 Å². The molecule has 1 aromatic heterocycles. The molecule has 0 aromatic carbocycles. The number of fused-ring (bicyclic) bond motifs is 1. The Hall–Kier alpha value is -1.32. The van der Waals surface area contributed by atoms with Gasteiger partial charge in [-0.3, -0.25) is 0 Å². The molecule has 3 heterocycles. The molecule has 0 amide bonds. The van der Waals surface area contributed by atoms with Crippen molar-refractivity contribution in [2.24, 2.45) is 5.92 Å². The number of hydrogen-bond donors (Lipinski definition) is 1. The van der Waals surface area contributed by atoms with Gasteiger partial charge in [0.2, 0.25) is 0 Å². The molecule has 2 unspecified atom stereocenters. The molecule has 5 nitrogen and oxygen atoms in total. The molecular formula is C13H19N5S. The van der Waals surface area contributed by atoms with Gasteiger partial charge in [0.05, 0.1) is 0 Å². The third-order valence-electron chi connectivity index (χ3n) is 4.45. The van der Waals surface area contributed by atoms with Crippen LogP contribution < -0.4 is 10.6 Å². The number of hydrogen-bond acceptors (Lipinski definition) is 6. The summed E-state index contributed by atoms with van der Waals surface area (Å²) in [6, 6.07) is 2.90. The molecule has 3 rings (SSSR count). The third kappa shape index (κ3) is 2.17. The number of anilines is 2. The molecule has 6 heteroatoms. The number of nitrogen functional groups attached to an aromatic ring is 1. The van der Waals surface area contributed by atoms with Crippen LogP contribution in [0.4, 0.5) is 10.8 Å².